The van der Waals surface area contributed by atoms with Crippen molar-refractivity contribution in [1.82, 2.24) is 0 Å². The highest BCUT2D eigenvalue weighted by Crippen LogP contribution is 2.27. The molecule has 0 radical (unpaired) electrons. The van der Waals surface area contributed by atoms with E-state index in [4.69, 9.17) is 9.47 Å². The molecule has 3 aromatic carbocycles. The maximum absolute atomic E-state index is 14.0. The quantitative estimate of drug-likeness (QED) is 0.581. The van der Waals surface area contributed by atoms with Gasteiger partial charge in [-0.3, -0.25) is 0 Å². The predicted molar refractivity (Wildman–Crippen MR) is 93.7 cm³/mol. The highest BCUT2D eigenvalue weighted by atomic mass is 19.1. The number of hydrogen-bond acceptors (Lipinski definition) is 2. The van der Waals surface area contributed by atoms with Crippen molar-refractivity contribution in [3.05, 3.63) is 83.9 Å². The summed E-state index contributed by atoms with van der Waals surface area (Å²) in [7, 11) is 0. The molecule has 0 aromatic heterocycles. The van der Waals surface area contributed by atoms with Gasteiger partial charge >= 0.3 is 0 Å². The lowest BCUT2D eigenvalue weighted by Crippen LogP contribution is -2.01. The molecule has 0 fully saturated rings. The molecule has 0 bridgehead atoms. The van der Waals surface area contributed by atoms with E-state index >= 15 is 0 Å². The van der Waals surface area contributed by atoms with Gasteiger partial charge in [-0.05, 0) is 23.6 Å². The first-order valence-electron chi connectivity index (χ1n) is 8.06. The van der Waals surface area contributed by atoms with E-state index in [-0.39, 0.29) is 24.7 Å². The minimum absolute atomic E-state index is 0.112. The zero-order valence-electron chi connectivity index (χ0n) is 13.8. The Kier molecular flexibility index (Phi) is 5.29. The van der Waals surface area contributed by atoms with Gasteiger partial charge in [0.1, 0.15) is 6.61 Å². The SMILES string of the molecule is CCOc1cc(F)c(OCc2ccc(-c3ccccc3)cc2)cc1F. The van der Waals surface area contributed by atoms with E-state index in [0.717, 1.165) is 28.8 Å². The Morgan fingerprint density at radius 3 is 1.88 bits per heavy atom. The van der Waals surface area contributed by atoms with Crippen LogP contribution in [0.25, 0.3) is 11.1 Å². The Morgan fingerprint density at radius 1 is 0.720 bits per heavy atom. The van der Waals surface area contributed by atoms with Crippen molar-refractivity contribution < 1.29 is 18.3 Å². The normalized spacial score (nSPS) is 10.5. The third-order valence-electron chi connectivity index (χ3n) is 3.74. The molecule has 0 heterocycles. The van der Waals surface area contributed by atoms with Crippen LogP contribution in [0.1, 0.15) is 12.5 Å². The maximum atomic E-state index is 14.0. The van der Waals surface area contributed by atoms with Gasteiger partial charge in [0, 0.05) is 12.1 Å². The van der Waals surface area contributed by atoms with Crippen LogP contribution in [-0.4, -0.2) is 6.61 Å². The van der Waals surface area contributed by atoms with Crippen molar-refractivity contribution in [2.75, 3.05) is 6.61 Å². The molecule has 0 atom stereocenters. The molecule has 0 aliphatic carbocycles. The fraction of sp³-hybridized carbons (Fsp3) is 0.143. The van der Waals surface area contributed by atoms with Crippen molar-refractivity contribution >= 4 is 0 Å². The standard InChI is InChI=1S/C21H18F2O2/c1-2-24-20-12-19(23)21(13-18(20)22)25-14-15-8-10-17(11-9-15)16-6-4-3-5-7-16/h3-13H,2,14H2,1H3. The molecule has 128 valence electrons. The highest BCUT2D eigenvalue weighted by molar-refractivity contribution is 5.63. The van der Waals surface area contributed by atoms with Gasteiger partial charge in [-0.15, -0.1) is 0 Å². The maximum Gasteiger partial charge on any atom is 0.168 e. The molecule has 4 heteroatoms. The van der Waals surface area contributed by atoms with Gasteiger partial charge < -0.3 is 9.47 Å². The van der Waals surface area contributed by atoms with E-state index in [1.54, 1.807) is 6.92 Å². The number of benzene rings is 3. The topological polar surface area (TPSA) is 18.5 Å². The number of hydrogen-bond donors (Lipinski definition) is 0. The Morgan fingerprint density at radius 2 is 1.28 bits per heavy atom. The summed E-state index contributed by atoms with van der Waals surface area (Å²) >= 11 is 0. The van der Waals surface area contributed by atoms with Crippen LogP contribution in [0.15, 0.2) is 66.7 Å². The van der Waals surface area contributed by atoms with E-state index in [1.165, 1.54) is 0 Å². The van der Waals surface area contributed by atoms with Gasteiger partial charge in [-0.2, -0.15) is 0 Å². The largest absolute Gasteiger partial charge is 0.491 e. The summed E-state index contributed by atoms with van der Waals surface area (Å²) in [6.45, 7) is 2.13. The molecular weight excluding hydrogens is 322 g/mol. The van der Waals surface area contributed by atoms with E-state index in [2.05, 4.69) is 0 Å². The summed E-state index contributed by atoms with van der Waals surface area (Å²) in [5, 5.41) is 0. The molecule has 0 N–H and O–H groups in total. The molecule has 0 amide bonds. The zero-order chi connectivity index (χ0) is 17.6. The van der Waals surface area contributed by atoms with Crippen LogP contribution in [0.4, 0.5) is 8.78 Å². The average Bonchev–Trinajstić information content (AvgIpc) is 2.65. The molecule has 2 nitrogen and oxygen atoms in total. The second kappa shape index (κ2) is 7.79. The minimum atomic E-state index is -0.647. The van der Waals surface area contributed by atoms with Crippen LogP contribution in [0.5, 0.6) is 11.5 Å². The van der Waals surface area contributed by atoms with E-state index in [1.807, 2.05) is 54.6 Å². The van der Waals surface area contributed by atoms with Crippen LogP contribution < -0.4 is 9.47 Å². The van der Waals surface area contributed by atoms with Crippen LogP contribution in [0.2, 0.25) is 0 Å². The summed E-state index contributed by atoms with van der Waals surface area (Å²) in [5.41, 5.74) is 3.07. The van der Waals surface area contributed by atoms with Crippen molar-refractivity contribution in [2.45, 2.75) is 13.5 Å². The lowest BCUT2D eigenvalue weighted by atomic mass is 10.0. The fourth-order valence-corrected chi connectivity index (χ4v) is 2.47. The first-order valence-corrected chi connectivity index (χ1v) is 8.06. The summed E-state index contributed by atoms with van der Waals surface area (Å²) in [6, 6.07) is 19.8. The van der Waals surface area contributed by atoms with Crippen molar-refractivity contribution in [3.8, 4) is 22.6 Å². The number of rotatable bonds is 6. The minimum Gasteiger partial charge on any atom is -0.491 e. The molecule has 0 aliphatic rings. The molecule has 3 rings (SSSR count). The van der Waals surface area contributed by atoms with Gasteiger partial charge in [-0.1, -0.05) is 54.6 Å². The second-order valence-corrected chi connectivity index (χ2v) is 5.50. The zero-order valence-corrected chi connectivity index (χ0v) is 13.8. The lowest BCUT2D eigenvalue weighted by Gasteiger charge is -2.11. The monoisotopic (exact) mass is 340 g/mol. The first kappa shape index (κ1) is 17.0. The first-order chi connectivity index (χ1) is 12.2. The summed E-state index contributed by atoms with van der Waals surface area (Å²) < 4.78 is 38.2. The van der Waals surface area contributed by atoms with E-state index in [0.29, 0.717) is 0 Å². The van der Waals surface area contributed by atoms with Crippen molar-refractivity contribution in [1.29, 1.82) is 0 Å². The van der Waals surface area contributed by atoms with Gasteiger partial charge in [0.15, 0.2) is 23.1 Å². The van der Waals surface area contributed by atoms with Crippen LogP contribution in [0, 0.1) is 11.6 Å². The van der Waals surface area contributed by atoms with E-state index in [9.17, 15) is 8.78 Å². The van der Waals surface area contributed by atoms with E-state index < -0.39 is 11.6 Å². The predicted octanol–water partition coefficient (Wildman–Crippen LogP) is 5.61. The van der Waals surface area contributed by atoms with Crippen molar-refractivity contribution in [3.63, 3.8) is 0 Å². The molecule has 0 aliphatic heterocycles. The molecule has 3 aromatic rings. The third-order valence-corrected chi connectivity index (χ3v) is 3.74. The lowest BCUT2D eigenvalue weighted by molar-refractivity contribution is 0.281. The average molecular weight is 340 g/mol. The van der Waals surface area contributed by atoms with Crippen LogP contribution in [0.3, 0.4) is 0 Å². The molecular formula is C21H18F2O2. The van der Waals surface area contributed by atoms with Gasteiger partial charge in [0.25, 0.3) is 0 Å². The Balaban J connectivity index is 1.69. The van der Waals surface area contributed by atoms with Gasteiger partial charge in [0.2, 0.25) is 0 Å². The molecule has 0 saturated heterocycles. The Labute approximate surface area is 145 Å². The third kappa shape index (κ3) is 4.15. The van der Waals surface area contributed by atoms with Crippen molar-refractivity contribution in [2.24, 2.45) is 0 Å². The Hall–Kier alpha value is -2.88. The summed E-state index contributed by atoms with van der Waals surface area (Å²) in [5.74, 6) is -1.53. The Bertz CT molecular complexity index is 831. The smallest absolute Gasteiger partial charge is 0.168 e. The fourth-order valence-electron chi connectivity index (χ4n) is 2.47. The van der Waals surface area contributed by atoms with Crippen LogP contribution >= 0.6 is 0 Å². The van der Waals surface area contributed by atoms with Gasteiger partial charge in [-0.25, -0.2) is 8.78 Å². The highest BCUT2D eigenvalue weighted by Gasteiger charge is 2.12. The molecule has 0 saturated carbocycles. The molecule has 0 spiro atoms. The summed E-state index contributed by atoms with van der Waals surface area (Å²) in [4.78, 5) is 0. The number of halogens is 2. The second-order valence-electron chi connectivity index (χ2n) is 5.50. The van der Waals surface area contributed by atoms with Crippen LogP contribution in [-0.2, 0) is 6.61 Å². The number of ether oxygens (including phenoxy) is 2. The van der Waals surface area contributed by atoms with Gasteiger partial charge in [0.05, 0.1) is 6.61 Å². The molecule has 0 unspecified atom stereocenters. The molecule has 25 heavy (non-hydrogen) atoms. The summed E-state index contributed by atoms with van der Waals surface area (Å²) in [6.07, 6.45) is 0.